The van der Waals surface area contributed by atoms with Crippen LogP contribution in [-0.4, -0.2) is 9.79 Å². The molecule has 0 amide bonds. The van der Waals surface area contributed by atoms with E-state index in [9.17, 15) is 0 Å². The lowest BCUT2D eigenvalue weighted by Crippen LogP contribution is -1.39. The zero-order valence-corrected chi connectivity index (χ0v) is 3.97. The van der Waals surface area contributed by atoms with Gasteiger partial charge in [-0.05, 0) is 0 Å². The third kappa shape index (κ3) is 14.5. The monoisotopic (exact) mass is 98.0 g/mol. The van der Waals surface area contributed by atoms with Crippen LogP contribution in [0.5, 0.6) is 0 Å². The minimum Gasteiger partial charge on any atom is -0.347 e. The zero-order valence-electron chi connectivity index (χ0n) is 1.92. The van der Waals surface area contributed by atoms with Crippen molar-refractivity contribution in [2.24, 2.45) is 0 Å². The first-order valence-electron chi connectivity index (χ1n) is 0.658. The molecule has 0 aliphatic rings. The van der Waals surface area contributed by atoms with Crippen molar-refractivity contribution < 1.29 is 9.79 Å². The number of rotatable bonds is 0. The molecule has 4 heteroatoms. The second kappa shape index (κ2) is 2.04. The van der Waals surface area contributed by atoms with Gasteiger partial charge in [0.05, 0.1) is 0 Å². The molecule has 1 unspecified atom stereocenters. The maximum atomic E-state index is 7.64. The summed E-state index contributed by atoms with van der Waals surface area (Å²) in [5.74, 6) is 0. The summed E-state index contributed by atoms with van der Waals surface area (Å²) in [6, 6.07) is 0. The summed E-state index contributed by atoms with van der Waals surface area (Å²) in [5.41, 5.74) is 0. The van der Waals surface area contributed by atoms with Gasteiger partial charge in [0.1, 0.15) is 0 Å². The Balaban J connectivity index is 2.32. The highest BCUT2D eigenvalue weighted by Crippen LogP contribution is 2.32. The molecule has 0 aromatic carbocycles. The van der Waals surface area contributed by atoms with Gasteiger partial charge in [0, 0.05) is 0 Å². The van der Waals surface area contributed by atoms with E-state index >= 15 is 0 Å². The van der Waals surface area contributed by atoms with Gasteiger partial charge in [-0.25, -0.2) is 0 Å². The highest BCUT2D eigenvalue weighted by molar-refractivity contribution is 8.07. The first-order chi connectivity index (χ1) is 1.73. The average Bonchev–Trinajstić information content (AvgIpc) is 0.811. The van der Waals surface area contributed by atoms with Gasteiger partial charge in [0.2, 0.25) is 0 Å². The molecule has 0 saturated carbocycles. The van der Waals surface area contributed by atoms with Crippen molar-refractivity contribution in [1.82, 2.24) is 0 Å². The first-order valence-corrected chi connectivity index (χ1v) is 3.52. The molecule has 0 aliphatic carbocycles. The lowest BCUT2D eigenvalue weighted by Gasteiger charge is -1.78. The summed E-state index contributed by atoms with van der Waals surface area (Å²) >= 11 is 0. The van der Waals surface area contributed by atoms with Crippen molar-refractivity contribution in [2.45, 2.75) is 0 Å². The molecule has 0 aliphatic heterocycles. The normalized spacial score (nSPS) is 9.00. The summed E-state index contributed by atoms with van der Waals surface area (Å²) in [7, 11) is 0.130. The standard InChI is InChI=1S/H4O2P2/c1-4(2)3/h1-2H,3H2. The molecule has 2 N–H and O–H groups in total. The molecular formula is H4O2P2. The van der Waals surface area contributed by atoms with Crippen LogP contribution in [0.1, 0.15) is 0 Å². The number of hydrogen-bond donors (Lipinski definition) is 2. The van der Waals surface area contributed by atoms with E-state index in [-0.39, 0.29) is 0 Å². The Morgan fingerprint density at radius 1 is 1.50 bits per heavy atom. The topological polar surface area (TPSA) is 40.5 Å². The van der Waals surface area contributed by atoms with E-state index in [2.05, 4.69) is 0 Å². The van der Waals surface area contributed by atoms with E-state index in [0.717, 1.165) is 0 Å². The van der Waals surface area contributed by atoms with Crippen molar-refractivity contribution in [3.63, 3.8) is 0 Å². The van der Waals surface area contributed by atoms with Crippen LogP contribution in [0.2, 0.25) is 0 Å². The minimum atomic E-state index is -1.70. The van der Waals surface area contributed by atoms with Crippen LogP contribution in [0.25, 0.3) is 0 Å². The van der Waals surface area contributed by atoms with E-state index in [1.807, 2.05) is 8.93 Å². The van der Waals surface area contributed by atoms with Crippen molar-refractivity contribution in [3.8, 4) is 0 Å². The van der Waals surface area contributed by atoms with Gasteiger partial charge >= 0.3 is 0 Å². The Morgan fingerprint density at radius 2 is 1.50 bits per heavy atom. The Kier molecular flexibility index (Phi) is 2.44. The fourth-order valence-corrected chi connectivity index (χ4v) is 0. The van der Waals surface area contributed by atoms with Gasteiger partial charge in [-0.2, -0.15) is 0 Å². The summed E-state index contributed by atoms with van der Waals surface area (Å²) in [6.45, 7) is 0. The van der Waals surface area contributed by atoms with Crippen molar-refractivity contribution in [3.05, 3.63) is 0 Å². The molecule has 4 heavy (non-hydrogen) atoms. The van der Waals surface area contributed by atoms with Crippen molar-refractivity contribution in [1.29, 1.82) is 0 Å². The largest absolute Gasteiger partial charge is 0.347 e. The average molecular weight is 98.0 g/mol. The maximum Gasteiger partial charge on any atom is 0.183 e. The molecule has 1 atom stereocenters. The molecule has 0 heterocycles. The molecule has 0 saturated heterocycles. The smallest absolute Gasteiger partial charge is 0.183 e. The first kappa shape index (κ1) is 4.78. The highest BCUT2D eigenvalue weighted by atomic mass is 32.0. The van der Waals surface area contributed by atoms with Crippen LogP contribution >= 0.6 is 17.0 Å². The lowest BCUT2D eigenvalue weighted by molar-refractivity contribution is 0.505. The van der Waals surface area contributed by atoms with Crippen LogP contribution in [-0.2, 0) is 0 Å². The van der Waals surface area contributed by atoms with E-state index in [1.165, 1.54) is 0 Å². The predicted octanol–water partition coefficient (Wildman–Crippen LogP) is 0.0730. The summed E-state index contributed by atoms with van der Waals surface area (Å²) in [4.78, 5) is 15.3. The molecular weight excluding hydrogens is 93.9 g/mol. The lowest BCUT2D eigenvalue weighted by atomic mass is 15.9. The summed E-state index contributed by atoms with van der Waals surface area (Å²) < 4.78 is 0. The third-order valence-electron chi connectivity index (χ3n) is 0. The van der Waals surface area contributed by atoms with E-state index in [4.69, 9.17) is 9.79 Å². The Hall–Kier alpha value is 0.780. The van der Waals surface area contributed by atoms with Gasteiger partial charge in [-0.15, -0.1) is 0 Å². The molecule has 0 radical (unpaired) electrons. The fraction of sp³-hybridized carbons (Fsp3) is 0. The van der Waals surface area contributed by atoms with Crippen LogP contribution < -0.4 is 0 Å². The minimum absolute atomic E-state index is 1.70. The van der Waals surface area contributed by atoms with Gasteiger partial charge in [0.25, 0.3) is 0 Å². The second-order valence-electron chi connectivity index (χ2n) is 0.320. The van der Waals surface area contributed by atoms with Gasteiger partial charge in [-0.3, -0.25) is 0 Å². The maximum absolute atomic E-state index is 7.64. The van der Waals surface area contributed by atoms with Crippen LogP contribution in [0.3, 0.4) is 0 Å². The Labute approximate surface area is 27.9 Å². The van der Waals surface area contributed by atoms with Gasteiger partial charge in [0.15, 0.2) is 8.06 Å². The molecule has 0 aromatic heterocycles. The van der Waals surface area contributed by atoms with Crippen LogP contribution in [0.4, 0.5) is 0 Å². The molecule has 0 rings (SSSR count). The van der Waals surface area contributed by atoms with E-state index < -0.39 is 8.06 Å². The molecule has 0 aromatic rings. The quantitative estimate of drug-likeness (QED) is 0.421. The zero-order chi connectivity index (χ0) is 3.58. The van der Waals surface area contributed by atoms with Crippen molar-refractivity contribution in [2.75, 3.05) is 0 Å². The predicted molar refractivity (Wildman–Crippen MR) is 21.1 cm³/mol. The van der Waals surface area contributed by atoms with Crippen molar-refractivity contribution >= 4 is 17.0 Å². The Morgan fingerprint density at radius 3 is 1.50 bits per heavy atom. The molecule has 2 nitrogen and oxygen atoms in total. The second-order valence-corrected chi connectivity index (χ2v) is 2.35. The van der Waals surface area contributed by atoms with Gasteiger partial charge < -0.3 is 9.79 Å². The van der Waals surface area contributed by atoms with Crippen LogP contribution in [0.15, 0.2) is 0 Å². The molecule has 0 fully saturated rings. The van der Waals surface area contributed by atoms with Gasteiger partial charge in [-0.1, -0.05) is 8.93 Å². The highest BCUT2D eigenvalue weighted by Gasteiger charge is 1.72. The van der Waals surface area contributed by atoms with E-state index in [1.54, 1.807) is 0 Å². The number of hydrogen-bond acceptors (Lipinski definition) is 2. The van der Waals surface area contributed by atoms with Crippen LogP contribution in [0, 0.1) is 0 Å². The summed E-state index contributed by atoms with van der Waals surface area (Å²) in [6.07, 6.45) is 0. The third-order valence-corrected chi connectivity index (χ3v) is 0. The SMILES string of the molecule is OP(O)P. The fourth-order valence-electron chi connectivity index (χ4n) is 0. The molecule has 0 spiro atoms. The summed E-state index contributed by atoms with van der Waals surface area (Å²) in [5, 5.41) is 0. The Bertz CT molecular complexity index is 8.75. The van der Waals surface area contributed by atoms with E-state index in [0.29, 0.717) is 0 Å². The molecule has 0 bridgehead atoms. The molecule has 26 valence electrons.